The minimum Gasteiger partial charge on any atom is -0.480 e. The first-order valence-electron chi connectivity index (χ1n) is 21.2. The van der Waals surface area contributed by atoms with Gasteiger partial charge in [0, 0.05) is 0 Å². The molecule has 0 spiro atoms. The van der Waals surface area contributed by atoms with Gasteiger partial charge in [-0.15, -0.1) is 0 Å². The van der Waals surface area contributed by atoms with Crippen molar-refractivity contribution in [3.63, 3.8) is 0 Å². The van der Waals surface area contributed by atoms with Crippen LogP contribution in [0.1, 0.15) is 94.9 Å². The lowest BCUT2D eigenvalue weighted by Crippen LogP contribution is -2.60. The highest BCUT2D eigenvalue weighted by molar-refractivity contribution is 7.98. The summed E-state index contributed by atoms with van der Waals surface area (Å²) in [5.41, 5.74) is 6.10. The molecule has 19 nitrogen and oxygen atoms in total. The summed E-state index contributed by atoms with van der Waals surface area (Å²) in [6.07, 6.45) is 5.07. The number of amides is 8. The number of carbonyl (C=O) groups excluding carboxylic acids is 8. The Kier molecular flexibility index (Phi) is 28.1. The molecule has 0 aromatic heterocycles. The van der Waals surface area contributed by atoms with Crippen molar-refractivity contribution in [2.45, 2.75) is 137 Å². The predicted octanol–water partition coefficient (Wildman–Crippen LogP) is 0.106. The number of rotatable bonds is 30. The van der Waals surface area contributed by atoms with Crippen molar-refractivity contribution in [3.05, 3.63) is 0 Å². The highest BCUT2D eigenvalue weighted by Crippen LogP contribution is 2.12. The molecule has 0 aliphatic rings. The van der Waals surface area contributed by atoms with E-state index in [0.29, 0.717) is 24.3 Å². The minimum absolute atomic E-state index is 0.0922. The zero-order valence-corrected chi connectivity index (χ0v) is 40.2. The number of carboxylic acids is 1. The van der Waals surface area contributed by atoms with Crippen LogP contribution in [0.15, 0.2) is 0 Å². The van der Waals surface area contributed by atoms with Crippen molar-refractivity contribution in [1.82, 2.24) is 42.5 Å². The van der Waals surface area contributed by atoms with Crippen LogP contribution in [0, 0.1) is 29.6 Å². The second-order valence-corrected chi connectivity index (χ2v) is 18.8. The van der Waals surface area contributed by atoms with Crippen LogP contribution in [0.25, 0.3) is 0 Å². The third-order valence-electron chi connectivity index (χ3n) is 10.00. The normalized spacial score (nSPS) is 15.2. The van der Waals surface area contributed by atoms with E-state index in [2.05, 4.69) is 42.5 Å². The fourth-order valence-electron chi connectivity index (χ4n) is 5.88. The first-order valence-corrected chi connectivity index (χ1v) is 24.0. The van der Waals surface area contributed by atoms with Crippen LogP contribution < -0.4 is 48.3 Å². The van der Waals surface area contributed by atoms with E-state index < -0.39 is 126 Å². The number of carboxylic acid groups (broad SMARTS) is 1. The van der Waals surface area contributed by atoms with E-state index in [-0.39, 0.29) is 24.7 Å². The van der Waals surface area contributed by atoms with E-state index in [1.54, 1.807) is 41.5 Å². The van der Waals surface area contributed by atoms with Crippen LogP contribution in [-0.2, 0) is 43.2 Å². The van der Waals surface area contributed by atoms with Crippen LogP contribution in [0.4, 0.5) is 0 Å². The van der Waals surface area contributed by atoms with Crippen LogP contribution in [0.3, 0.4) is 0 Å². The molecule has 0 bridgehead atoms. The van der Waals surface area contributed by atoms with Gasteiger partial charge in [-0.25, -0.2) is 4.79 Å². The zero-order valence-electron chi connectivity index (χ0n) is 38.6. The first-order chi connectivity index (χ1) is 28.9. The van der Waals surface area contributed by atoms with Gasteiger partial charge in [-0.05, 0) is 72.9 Å². The quantitative estimate of drug-likeness (QED) is 0.0458. The van der Waals surface area contributed by atoms with Gasteiger partial charge in [0.1, 0.15) is 36.3 Å². The average molecular weight is 918 g/mol. The SMILES string of the molecule is CC[C@H](C)[C@H](N)C(=O)N[C@@H](CCSC)C(=O)N[C@@H](CCSC)C(=O)NCC(=O)N[C@H](C(=O)N[C@@H](CC(C)C)C(=O)N[C@H](C(=O)NCC(=O)N[C@H](C(=O)O)C(C)C)C(C)C)C(C)C. The molecule has 0 saturated carbocycles. The monoisotopic (exact) mass is 918 g/mol. The Hall–Kier alpha value is -4.11. The molecule has 0 unspecified atom stereocenters. The summed E-state index contributed by atoms with van der Waals surface area (Å²) in [7, 11) is 0. The standard InChI is InChI=1S/C41H75N9O10S2/c1-13-25(10)31(42)38(56)46-27(15-17-62-12)36(54)45-26(14-16-61-11)35(53)43-19-29(51)48-33(23(6)7)40(58)47-28(18-21(2)3)37(55)50-32(22(4)5)39(57)44-20-30(52)49-34(24(8)9)41(59)60/h21-28,31-34H,13-20,42H2,1-12H3,(H,43,53)(H,44,57)(H,45,54)(H,46,56)(H,47,58)(H,48,51)(H,49,52)(H,50,55)(H,59,60)/t25-,26-,27-,28-,31-,32-,33-,34-/m0/s1. The topological polar surface area (TPSA) is 296 Å². The van der Waals surface area contributed by atoms with Gasteiger partial charge >= 0.3 is 5.97 Å². The van der Waals surface area contributed by atoms with Gasteiger partial charge in [-0.1, -0.05) is 75.7 Å². The summed E-state index contributed by atoms with van der Waals surface area (Å²) in [5, 5.41) is 30.1. The van der Waals surface area contributed by atoms with Crippen molar-refractivity contribution < 1.29 is 48.3 Å². The Morgan fingerprint density at radius 1 is 0.516 bits per heavy atom. The fourth-order valence-corrected chi connectivity index (χ4v) is 6.82. The first kappa shape index (κ1) is 57.9. The molecule has 62 heavy (non-hydrogen) atoms. The molecule has 11 N–H and O–H groups in total. The van der Waals surface area contributed by atoms with E-state index in [0.717, 1.165) is 0 Å². The highest BCUT2D eigenvalue weighted by atomic mass is 32.2. The minimum atomic E-state index is -1.22. The molecular weight excluding hydrogens is 843 g/mol. The Morgan fingerprint density at radius 3 is 1.35 bits per heavy atom. The van der Waals surface area contributed by atoms with Gasteiger partial charge in [0.25, 0.3) is 0 Å². The van der Waals surface area contributed by atoms with Gasteiger partial charge in [0.2, 0.25) is 47.3 Å². The Labute approximate surface area is 376 Å². The summed E-state index contributed by atoms with van der Waals surface area (Å²) >= 11 is 2.95. The maximum Gasteiger partial charge on any atom is 0.326 e. The fraction of sp³-hybridized carbons (Fsp3) is 0.780. The van der Waals surface area contributed by atoms with Crippen molar-refractivity contribution in [1.29, 1.82) is 0 Å². The molecule has 21 heteroatoms. The van der Waals surface area contributed by atoms with Crippen molar-refractivity contribution in [3.8, 4) is 0 Å². The Morgan fingerprint density at radius 2 is 0.919 bits per heavy atom. The number of carbonyl (C=O) groups is 9. The predicted molar refractivity (Wildman–Crippen MR) is 243 cm³/mol. The molecule has 0 rings (SSSR count). The van der Waals surface area contributed by atoms with Crippen LogP contribution in [0.2, 0.25) is 0 Å². The van der Waals surface area contributed by atoms with E-state index in [1.165, 1.54) is 23.5 Å². The van der Waals surface area contributed by atoms with Gasteiger partial charge in [0.05, 0.1) is 19.1 Å². The molecule has 0 radical (unpaired) electrons. The second-order valence-electron chi connectivity index (χ2n) is 16.9. The van der Waals surface area contributed by atoms with Gasteiger partial charge in [-0.3, -0.25) is 38.4 Å². The Balaban J connectivity index is 5.83. The molecule has 0 saturated heterocycles. The summed E-state index contributed by atoms with van der Waals surface area (Å²) in [4.78, 5) is 117. The van der Waals surface area contributed by atoms with Crippen LogP contribution in [0.5, 0.6) is 0 Å². The number of nitrogens with one attached hydrogen (secondary N) is 8. The maximum atomic E-state index is 13.7. The lowest BCUT2D eigenvalue weighted by molar-refractivity contribution is -0.143. The van der Waals surface area contributed by atoms with E-state index in [4.69, 9.17) is 5.73 Å². The molecule has 0 aromatic rings. The smallest absolute Gasteiger partial charge is 0.326 e. The molecule has 0 fully saturated rings. The molecular formula is C41H75N9O10S2. The van der Waals surface area contributed by atoms with Crippen LogP contribution in [-0.4, -0.2) is 138 Å². The number of thioether (sulfide) groups is 2. The summed E-state index contributed by atoms with van der Waals surface area (Å²) in [5.74, 6) is -6.85. The summed E-state index contributed by atoms with van der Waals surface area (Å²) in [6, 6.07) is -7.34. The van der Waals surface area contributed by atoms with Gasteiger partial charge < -0.3 is 53.4 Å². The highest BCUT2D eigenvalue weighted by Gasteiger charge is 2.34. The van der Waals surface area contributed by atoms with Crippen molar-refractivity contribution in [2.75, 3.05) is 37.1 Å². The average Bonchev–Trinajstić information content (AvgIpc) is 3.20. The Bertz CT molecular complexity index is 1500. The summed E-state index contributed by atoms with van der Waals surface area (Å²) in [6.45, 7) is 16.3. The molecule has 0 aliphatic carbocycles. The van der Waals surface area contributed by atoms with Crippen molar-refractivity contribution in [2.24, 2.45) is 35.3 Å². The van der Waals surface area contributed by atoms with Gasteiger partial charge in [0.15, 0.2) is 0 Å². The lowest BCUT2D eigenvalue weighted by Gasteiger charge is -2.28. The third-order valence-corrected chi connectivity index (χ3v) is 11.3. The number of hydrogen-bond acceptors (Lipinski definition) is 12. The largest absolute Gasteiger partial charge is 0.480 e. The van der Waals surface area contributed by atoms with Gasteiger partial charge in [-0.2, -0.15) is 23.5 Å². The lowest BCUT2D eigenvalue weighted by atomic mass is 9.98. The molecule has 0 heterocycles. The second kappa shape index (κ2) is 30.1. The van der Waals surface area contributed by atoms with Crippen molar-refractivity contribution >= 4 is 76.8 Å². The maximum absolute atomic E-state index is 13.7. The van der Waals surface area contributed by atoms with E-state index in [1.807, 2.05) is 40.2 Å². The van der Waals surface area contributed by atoms with E-state index >= 15 is 0 Å². The molecule has 0 aromatic carbocycles. The zero-order chi connectivity index (χ0) is 47.9. The molecule has 8 amide bonds. The molecule has 0 aliphatic heterocycles. The molecule has 356 valence electrons. The van der Waals surface area contributed by atoms with Crippen LogP contribution >= 0.6 is 23.5 Å². The third kappa shape index (κ3) is 21.8. The number of hydrogen-bond donors (Lipinski definition) is 10. The number of nitrogens with two attached hydrogens (primary N) is 1. The van der Waals surface area contributed by atoms with E-state index in [9.17, 15) is 48.3 Å². The molecule has 8 atom stereocenters. The number of aliphatic carboxylic acids is 1. The summed E-state index contributed by atoms with van der Waals surface area (Å²) < 4.78 is 0.